The van der Waals surface area contributed by atoms with Gasteiger partial charge in [-0.05, 0) is 37.1 Å². The van der Waals surface area contributed by atoms with Crippen molar-refractivity contribution in [2.45, 2.75) is 19.9 Å². The number of hydrogen-bond donors (Lipinski definition) is 0. The molecule has 0 spiro atoms. The predicted octanol–water partition coefficient (Wildman–Crippen LogP) is 4.55. The van der Waals surface area contributed by atoms with E-state index in [0.717, 1.165) is 37.4 Å². The lowest BCUT2D eigenvalue weighted by Gasteiger charge is -2.22. The maximum atomic E-state index is 13.7. The Morgan fingerprint density at radius 1 is 1.03 bits per heavy atom. The summed E-state index contributed by atoms with van der Waals surface area (Å²) in [5.41, 5.74) is 4.58. The van der Waals surface area contributed by atoms with Gasteiger partial charge in [-0.3, -0.25) is 9.69 Å². The number of carbonyl (C=O) groups excluding carboxylic acids is 1. The van der Waals surface area contributed by atoms with E-state index in [0.29, 0.717) is 41.1 Å². The van der Waals surface area contributed by atoms with E-state index in [1.165, 1.54) is 5.56 Å². The van der Waals surface area contributed by atoms with E-state index in [-0.39, 0.29) is 5.91 Å². The van der Waals surface area contributed by atoms with Gasteiger partial charge >= 0.3 is 0 Å². The maximum absolute atomic E-state index is 13.7. The van der Waals surface area contributed by atoms with Crippen molar-refractivity contribution >= 4 is 17.0 Å². The first-order valence-corrected chi connectivity index (χ1v) is 11.6. The van der Waals surface area contributed by atoms with Crippen LogP contribution in [0, 0.1) is 6.92 Å². The lowest BCUT2D eigenvalue weighted by atomic mass is 10.0. The molecule has 2 aromatic carbocycles. The van der Waals surface area contributed by atoms with Gasteiger partial charge in [-0.25, -0.2) is 4.98 Å². The average Bonchev–Trinajstić information content (AvgIpc) is 3.10. The minimum Gasteiger partial charge on any atom is -0.497 e. The summed E-state index contributed by atoms with van der Waals surface area (Å²) in [6.45, 7) is 5.86. The summed E-state index contributed by atoms with van der Waals surface area (Å²) in [5, 5.41) is 4.78. The standard InChI is InChI=1S/C27H28N4O3/c1-19-25-23(17-24(28-26(25)34-29-19)21-7-4-3-5-8-21)27(32)31-14-6-13-30(15-16-31)18-20-9-11-22(33-2)12-10-20/h3-5,7-12,17H,6,13-16,18H2,1-2H3. The van der Waals surface area contributed by atoms with Crippen LogP contribution in [0.25, 0.3) is 22.4 Å². The molecule has 7 heteroatoms. The normalized spacial score (nSPS) is 14.8. The molecule has 34 heavy (non-hydrogen) atoms. The van der Waals surface area contributed by atoms with Crippen molar-refractivity contribution in [3.8, 4) is 17.0 Å². The van der Waals surface area contributed by atoms with E-state index < -0.39 is 0 Å². The number of carbonyl (C=O) groups is 1. The van der Waals surface area contributed by atoms with Gasteiger partial charge < -0.3 is 14.2 Å². The largest absolute Gasteiger partial charge is 0.497 e. The van der Waals surface area contributed by atoms with Crippen LogP contribution in [0.1, 0.15) is 28.0 Å². The number of methoxy groups -OCH3 is 1. The SMILES string of the molecule is COc1ccc(CN2CCCN(C(=O)c3cc(-c4ccccc4)nc4onc(C)c34)CC2)cc1. The second-order valence-corrected chi connectivity index (χ2v) is 8.64. The van der Waals surface area contributed by atoms with E-state index in [9.17, 15) is 4.79 Å². The monoisotopic (exact) mass is 456 g/mol. The van der Waals surface area contributed by atoms with E-state index in [1.54, 1.807) is 7.11 Å². The third-order valence-electron chi connectivity index (χ3n) is 6.36. The number of aryl methyl sites for hydroxylation is 1. The number of nitrogens with zero attached hydrogens (tertiary/aromatic N) is 4. The third kappa shape index (κ3) is 4.52. The zero-order chi connectivity index (χ0) is 23.5. The number of ether oxygens (including phenoxy) is 1. The van der Waals surface area contributed by atoms with Gasteiger partial charge in [-0.15, -0.1) is 0 Å². The second-order valence-electron chi connectivity index (χ2n) is 8.64. The van der Waals surface area contributed by atoms with Crippen molar-refractivity contribution in [2.75, 3.05) is 33.3 Å². The first kappa shape index (κ1) is 22.1. The Bertz CT molecular complexity index is 1280. The van der Waals surface area contributed by atoms with Crippen molar-refractivity contribution in [2.24, 2.45) is 0 Å². The van der Waals surface area contributed by atoms with Gasteiger partial charge in [0, 0.05) is 38.3 Å². The Labute approximate surface area is 198 Å². The molecule has 1 aliphatic rings. The van der Waals surface area contributed by atoms with Gasteiger partial charge in [0.2, 0.25) is 0 Å². The van der Waals surface area contributed by atoms with Crippen LogP contribution < -0.4 is 4.74 Å². The Kier molecular flexibility index (Phi) is 6.27. The quantitative estimate of drug-likeness (QED) is 0.439. The maximum Gasteiger partial charge on any atom is 0.259 e. The van der Waals surface area contributed by atoms with Crippen LogP contribution in [0.5, 0.6) is 5.75 Å². The average molecular weight is 457 g/mol. The van der Waals surface area contributed by atoms with Crippen LogP contribution in [0.15, 0.2) is 65.2 Å². The molecule has 1 fully saturated rings. The van der Waals surface area contributed by atoms with E-state index in [2.05, 4.69) is 27.2 Å². The van der Waals surface area contributed by atoms with Crippen LogP contribution in [-0.4, -0.2) is 59.1 Å². The Morgan fingerprint density at radius 2 is 1.82 bits per heavy atom. The number of hydrogen-bond acceptors (Lipinski definition) is 6. The van der Waals surface area contributed by atoms with E-state index in [4.69, 9.17) is 9.26 Å². The molecule has 5 rings (SSSR count). The van der Waals surface area contributed by atoms with E-state index in [1.807, 2.05) is 60.4 Å². The molecule has 174 valence electrons. The molecule has 2 aromatic heterocycles. The zero-order valence-corrected chi connectivity index (χ0v) is 19.5. The number of benzene rings is 2. The Morgan fingerprint density at radius 3 is 2.59 bits per heavy atom. The highest BCUT2D eigenvalue weighted by Crippen LogP contribution is 2.28. The van der Waals surface area contributed by atoms with Crippen molar-refractivity contribution < 1.29 is 14.1 Å². The smallest absolute Gasteiger partial charge is 0.259 e. The second kappa shape index (κ2) is 9.65. The highest BCUT2D eigenvalue weighted by atomic mass is 16.5. The van der Waals surface area contributed by atoms with Crippen LogP contribution in [0.4, 0.5) is 0 Å². The summed E-state index contributed by atoms with van der Waals surface area (Å²) < 4.78 is 10.7. The molecule has 7 nitrogen and oxygen atoms in total. The molecule has 0 radical (unpaired) electrons. The molecule has 0 aliphatic carbocycles. The molecular weight excluding hydrogens is 428 g/mol. The molecule has 4 aromatic rings. The van der Waals surface area contributed by atoms with Crippen LogP contribution in [-0.2, 0) is 6.54 Å². The van der Waals surface area contributed by atoms with Gasteiger partial charge in [-0.2, -0.15) is 0 Å². The number of fused-ring (bicyclic) bond motifs is 1. The number of pyridine rings is 1. The van der Waals surface area contributed by atoms with Crippen molar-refractivity contribution in [3.05, 3.63) is 77.5 Å². The molecule has 0 saturated carbocycles. The van der Waals surface area contributed by atoms with Crippen LogP contribution >= 0.6 is 0 Å². The summed E-state index contributed by atoms with van der Waals surface area (Å²) in [5.74, 6) is 0.862. The molecule has 0 unspecified atom stereocenters. The van der Waals surface area contributed by atoms with Crippen molar-refractivity contribution in [1.82, 2.24) is 19.9 Å². The van der Waals surface area contributed by atoms with Gasteiger partial charge in [0.1, 0.15) is 5.75 Å². The highest BCUT2D eigenvalue weighted by Gasteiger charge is 2.25. The Balaban J connectivity index is 1.36. The molecule has 1 amide bonds. The molecular formula is C27H28N4O3. The van der Waals surface area contributed by atoms with Crippen LogP contribution in [0.2, 0.25) is 0 Å². The van der Waals surface area contributed by atoms with E-state index >= 15 is 0 Å². The van der Waals surface area contributed by atoms with Gasteiger partial charge in [0.15, 0.2) is 0 Å². The summed E-state index contributed by atoms with van der Waals surface area (Å²) >= 11 is 0. The summed E-state index contributed by atoms with van der Waals surface area (Å²) in [6.07, 6.45) is 0.921. The first-order valence-electron chi connectivity index (χ1n) is 11.6. The van der Waals surface area contributed by atoms with Gasteiger partial charge in [0.05, 0.1) is 29.4 Å². The summed E-state index contributed by atoms with van der Waals surface area (Å²) in [4.78, 5) is 22.7. The lowest BCUT2D eigenvalue weighted by Crippen LogP contribution is -2.35. The fraction of sp³-hybridized carbons (Fsp3) is 0.296. The first-order chi connectivity index (χ1) is 16.6. The minimum absolute atomic E-state index is 0.00202. The third-order valence-corrected chi connectivity index (χ3v) is 6.36. The molecule has 1 saturated heterocycles. The molecule has 3 heterocycles. The molecule has 0 atom stereocenters. The van der Waals surface area contributed by atoms with Crippen molar-refractivity contribution in [3.63, 3.8) is 0 Å². The molecule has 0 N–H and O–H groups in total. The predicted molar refractivity (Wildman–Crippen MR) is 131 cm³/mol. The number of aromatic nitrogens is 2. The summed E-state index contributed by atoms with van der Waals surface area (Å²) in [6, 6.07) is 19.9. The number of amides is 1. The lowest BCUT2D eigenvalue weighted by molar-refractivity contribution is 0.0763. The van der Waals surface area contributed by atoms with Crippen LogP contribution in [0.3, 0.4) is 0 Å². The Hall–Kier alpha value is -3.71. The minimum atomic E-state index is 0.00202. The fourth-order valence-corrected chi connectivity index (χ4v) is 4.51. The number of rotatable bonds is 5. The zero-order valence-electron chi connectivity index (χ0n) is 19.5. The highest BCUT2D eigenvalue weighted by molar-refractivity contribution is 6.07. The molecule has 1 aliphatic heterocycles. The van der Waals surface area contributed by atoms with Gasteiger partial charge in [0.25, 0.3) is 11.6 Å². The summed E-state index contributed by atoms with van der Waals surface area (Å²) in [7, 11) is 1.68. The van der Waals surface area contributed by atoms with Gasteiger partial charge in [-0.1, -0.05) is 47.6 Å². The van der Waals surface area contributed by atoms with Crippen molar-refractivity contribution in [1.29, 1.82) is 0 Å². The fourth-order valence-electron chi connectivity index (χ4n) is 4.51. The topological polar surface area (TPSA) is 71.7 Å². The molecule has 0 bridgehead atoms.